The van der Waals surface area contributed by atoms with E-state index in [1.165, 1.54) is 25.0 Å². The molecule has 2 aliphatic rings. The van der Waals surface area contributed by atoms with Crippen LogP contribution in [0.4, 0.5) is 17.3 Å². The van der Waals surface area contributed by atoms with Gasteiger partial charge >= 0.3 is 5.69 Å². The van der Waals surface area contributed by atoms with Crippen molar-refractivity contribution in [3.63, 3.8) is 0 Å². The van der Waals surface area contributed by atoms with Crippen LogP contribution in [-0.2, 0) is 0 Å². The average molecular weight is 263 g/mol. The SMILES string of the molecule is Nc1ccc([N+](=O)[O-])c(N2CCN(C3CC3)CC2)n1. The summed E-state index contributed by atoms with van der Waals surface area (Å²) in [5.41, 5.74) is 5.69. The highest BCUT2D eigenvalue weighted by molar-refractivity contribution is 5.61. The summed E-state index contributed by atoms with van der Waals surface area (Å²) >= 11 is 0. The van der Waals surface area contributed by atoms with Crippen LogP contribution >= 0.6 is 0 Å². The maximum atomic E-state index is 11.0. The van der Waals surface area contributed by atoms with Gasteiger partial charge in [-0.2, -0.15) is 0 Å². The molecule has 1 aromatic rings. The number of piperazine rings is 1. The molecule has 1 saturated carbocycles. The molecule has 0 amide bonds. The van der Waals surface area contributed by atoms with E-state index in [1.54, 1.807) is 0 Å². The van der Waals surface area contributed by atoms with Gasteiger partial charge in [0.05, 0.1) is 4.92 Å². The second kappa shape index (κ2) is 4.65. The van der Waals surface area contributed by atoms with E-state index in [1.807, 2.05) is 4.90 Å². The molecule has 19 heavy (non-hydrogen) atoms. The Labute approximate surface area is 111 Å². The molecule has 3 rings (SSSR count). The van der Waals surface area contributed by atoms with Crippen molar-refractivity contribution in [2.24, 2.45) is 0 Å². The number of nitrogens with zero attached hydrogens (tertiary/aromatic N) is 4. The highest BCUT2D eigenvalue weighted by Gasteiger charge is 2.33. The third-order valence-electron chi connectivity index (χ3n) is 3.75. The van der Waals surface area contributed by atoms with Gasteiger partial charge in [-0.3, -0.25) is 15.0 Å². The van der Waals surface area contributed by atoms with E-state index in [0.717, 1.165) is 32.2 Å². The second-order valence-corrected chi connectivity index (χ2v) is 5.09. The van der Waals surface area contributed by atoms with Crippen molar-refractivity contribution < 1.29 is 4.92 Å². The van der Waals surface area contributed by atoms with Gasteiger partial charge in [-0.15, -0.1) is 0 Å². The van der Waals surface area contributed by atoms with Crippen molar-refractivity contribution in [3.8, 4) is 0 Å². The van der Waals surface area contributed by atoms with Gasteiger partial charge in [0.2, 0.25) is 5.82 Å². The van der Waals surface area contributed by atoms with Crippen molar-refractivity contribution in [3.05, 3.63) is 22.2 Å². The molecule has 2 N–H and O–H groups in total. The second-order valence-electron chi connectivity index (χ2n) is 5.09. The van der Waals surface area contributed by atoms with Crippen LogP contribution in [0.3, 0.4) is 0 Å². The molecule has 1 aliphatic carbocycles. The highest BCUT2D eigenvalue weighted by Crippen LogP contribution is 2.31. The van der Waals surface area contributed by atoms with E-state index in [0.29, 0.717) is 11.6 Å². The zero-order chi connectivity index (χ0) is 13.4. The fourth-order valence-corrected chi connectivity index (χ4v) is 2.57. The lowest BCUT2D eigenvalue weighted by Gasteiger charge is -2.35. The minimum atomic E-state index is -0.394. The monoisotopic (exact) mass is 263 g/mol. The average Bonchev–Trinajstić information content (AvgIpc) is 3.23. The first-order valence-corrected chi connectivity index (χ1v) is 6.55. The summed E-state index contributed by atoms with van der Waals surface area (Å²) in [7, 11) is 0. The molecule has 1 saturated heterocycles. The van der Waals surface area contributed by atoms with Crippen LogP contribution in [-0.4, -0.2) is 47.0 Å². The minimum Gasteiger partial charge on any atom is -0.384 e. The third kappa shape index (κ3) is 2.46. The zero-order valence-corrected chi connectivity index (χ0v) is 10.7. The molecular formula is C12H17N5O2. The van der Waals surface area contributed by atoms with Gasteiger partial charge < -0.3 is 10.6 Å². The largest absolute Gasteiger partial charge is 0.384 e. The summed E-state index contributed by atoms with van der Waals surface area (Å²) in [6.45, 7) is 3.43. The Kier molecular flexibility index (Phi) is 2.98. The number of anilines is 2. The van der Waals surface area contributed by atoms with Gasteiger partial charge in [0.1, 0.15) is 5.82 Å². The van der Waals surface area contributed by atoms with Crippen molar-refractivity contribution in [2.75, 3.05) is 36.8 Å². The Balaban J connectivity index is 1.78. The van der Waals surface area contributed by atoms with Crippen molar-refractivity contribution in [1.82, 2.24) is 9.88 Å². The number of rotatable bonds is 3. The molecule has 0 radical (unpaired) electrons. The van der Waals surface area contributed by atoms with E-state index >= 15 is 0 Å². The molecule has 0 aromatic carbocycles. The van der Waals surface area contributed by atoms with E-state index in [2.05, 4.69) is 9.88 Å². The van der Waals surface area contributed by atoms with Crippen LogP contribution in [0.15, 0.2) is 12.1 Å². The lowest BCUT2D eigenvalue weighted by Crippen LogP contribution is -2.47. The van der Waals surface area contributed by atoms with Crippen LogP contribution < -0.4 is 10.6 Å². The van der Waals surface area contributed by atoms with E-state index in [9.17, 15) is 10.1 Å². The maximum absolute atomic E-state index is 11.0. The van der Waals surface area contributed by atoms with Gasteiger partial charge in [0, 0.05) is 38.3 Å². The van der Waals surface area contributed by atoms with Gasteiger partial charge in [-0.25, -0.2) is 4.98 Å². The fraction of sp³-hybridized carbons (Fsp3) is 0.583. The Morgan fingerprint density at radius 2 is 1.95 bits per heavy atom. The number of nitrogens with two attached hydrogens (primary N) is 1. The molecule has 7 heteroatoms. The van der Waals surface area contributed by atoms with E-state index in [-0.39, 0.29) is 5.69 Å². The molecule has 7 nitrogen and oxygen atoms in total. The van der Waals surface area contributed by atoms with Crippen LogP contribution in [0, 0.1) is 10.1 Å². The predicted molar refractivity (Wildman–Crippen MR) is 72.1 cm³/mol. The standard InChI is InChI=1S/C12H17N5O2/c13-11-4-3-10(17(18)19)12(14-11)16-7-5-15(6-8-16)9-1-2-9/h3-4,9H,1-2,5-8H2,(H2,13,14). The molecule has 2 heterocycles. The van der Waals surface area contributed by atoms with E-state index < -0.39 is 4.92 Å². The summed E-state index contributed by atoms with van der Waals surface area (Å²) in [5, 5.41) is 11.0. The molecular weight excluding hydrogens is 246 g/mol. The number of nitrogen functional groups attached to an aromatic ring is 1. The maximum Gasteiger partial charge on any atom is 0.311 e. The topological polar surface area (TPSA) is 88.5 Å². The number of aromatic nitrogens is 1. The van der Waals surface area contributed by atoms with Gasteiger partial charge in [0.25, 0.3) is 0 Å². The van der Waals surface area contributed by atoms with Gasteiger partial charge in [-0.1, -0.05) is 0 Å². The number of nitro groups is 1. The highest BCUT2D eigenvalue weighted by atomic mass is 16.6. The smallest absolute Gasteiger partial charge is 0.311 e. The molecule has 0 unspecified atom stereocenters. The van der Waals surface area contributed by atoms with Crippen LogP contribution in [0.1, 0.15) is 12.8 Å². The molecule has 1 aliphatic heterocycles. The van der Waals surface area contributed by atoms with Crippen molar-refractivity contribution in [1.29, 1.82) is 0 Å². The fourth-order valence-electron chi connectivity index (χ4n) is 2.57. The van der Waals surface area contributed by atoms with Crippen molar-refractivity contribution >= 4 is 17.3 Å². The Bertz CT molecular complexity index is 495. The third-order valence-corrected chi connectivity index (χ3v) is 3.75. The van der Waals surface area contributed by atoms with Crippen LogP contribution in [0.5, 0.6) is 0 Å². The first kappa shape index (κ1) is 12.2. The molecule has 1 aromatic heterocycles. The summed E-state index contributed by atoms with van der Waals surface area (Å²) in [6, 6.07) is 3.65. The number of pyridine rings is 1. The molecule has 102 valence electrons. The molecule has 0 spiro atoms. The predicted octanol–water partition coefficient (Wildman–Crippen LogP) is 0.856. The Hall–Kier alpha value is -1.89. The van der Waals surface area contributed by atoms with Crippen LogP contribution in [0.25, 0.3) is 0 Å². The summed E-state index contributed by atoms with van der Waals surface area (Å²) < 4.78 is 0. The van der Waals surface area contributed by atoms with Gasteiger partial charge in [0.15, 0.2) is 0 Å². The first-order valence-electron chi connectivity index (χ1n) is 6.55. The Morgan fingerprint density at radius 1 is 1.26 bits per heavy atom. The van der Waals surface area contributed by atoms with Crippen molar-refractivity contribution in [2.45, 2.75) is 18.9 Å². The molecule has 2 fully saturated rings. The molecule has 0 atom stereocenters. The van der Waals surface area contributed by atoms with Crippen LogP contribution in [0.2, 0.25) is 0 Å². The quantitative estimate of drug-likeness (QED) is 0.642. The summed E-state index contributed by atoms with van der Waals surface area (Å²) in [4.78, 5) is 19.2. The number of hydrogen-bond acceptors (Lipinski definition) is 6. The Morgan fingerprint density at radius 3 is 2.53 bits per heavy atom. The van der Waals surface area contributed by atoms with Gasteiger partial charge in [-0.05, 0) is 18.9 Å². The normalized spacial score (nSPS) is 20.5. The first-order chi connectivity index (χ1) is 9.15. The molecule has 0 bridgehead atoms. The van der Waals surface area contributed by atoms with E-state index in [4.69, 9.17) is 5.73 Å². The minimum absolute atomic E-state index is 0.0362. The lowest BCUT2D eigenvalue weighted by molar-refractivity contribution is -0.384. The number of hydrogen-bond donors (Lipinski definition) is 1. The summed E-state index contributed by atoms with van der Waals surface area (Å²) in [5.74, 6) is 0.727. The lowest BCUT2D eigenvalue weighted by atomic mass is 10.2. The zero-order valence-electron chi connectivity index (χ0n) is 10.7. The summed E-state index contributed by atoms with van der Waals surface area (Å²) in [6.07, 6.45) is 2.58.